The highest BCUT2D eigenvalue weighted by Gasteiger charge is 2.49. The number of aliphatic hydroxyl groups is 1. The monoisotopic (exact) mass is 481 g/mol. The summed E-state index contributed by atoms with van der Waals surface area (Å²) in [6.07, 6.45) is 6.09. The minimum Gasteiger partial charge on any atom is -0.490 e. The first-order valence-corrected chi connectivity index (χ1v) is 12.5. The van der Waals surface area contributed by atoms with Crippen LogP contribution >= 0.6 is 11.6 Å². The van der Waals surface area contributed by atoms with Gasteiger partial charge in [0.15, 0.2) is 0 Å². The van der Waals surface area contributed by atoms with Crippen molar-refractivity contribution in [1.82, 2.24) is 0 Å². The van der Waals surface area contributed by atoms with Gasteiger partial charge in [0.25, 0.3) is 0 Å². The van der Waals surface area contributed by atoms with Crippen molar-refractivity contribution in [3.63, 3.8) is 0 Å². The van der Waals surface area contributed by atoms with Gasteiger partial charge in [0.2, 0.25) is 0 Å². The predicted molar refractivity (Wildman–Crippen MR) is 134 cm³/mol. The minimum absolute atomic E-state index is 0.211. The summed E-state index contributed by atoms with van der Waals surface area (Å²) in [4.78, 5) is 14.1. The lowest BCUT2D eigenvalue weighted by Gasteiger charge is -2.52. The van der Waals surface area contributed by atoms with Gasteiger partial charge in [0.05, 0.1) is 24.0 Å². The number of nitrogens with zero attached hydrogens (tertiary/aromatic N) is 1. The summed E-state index contributed by atoms with van der Waals surface area (Å²) < 4.78 is 6.41. The van der Waals surface area contributed by atoms with Crippen LogP contribution < -0.4 is 9.64 Å². The van der Waals surface area contributed by atoms with Crippen molar-refractivity contribution < 1.29 is 19.7 Å². The van der Waals surface area contributed by atoms with Crippen molar-refractivity contribution in [3.8, 4) is 5.75 Å². The number of ether oxygens (including phenoxy) is 1. The molecule has 2 aromatic carbocycles. The first-order chi connectivity index (χ1) is 16.3. The molecule has 5 nitrogen and oxygen atoms in total. The molecule has 3 aliphatic rings. The van der Waals surface area contributed by atoms with Crippen LogP contribution in [0.2, 0.25) is 5.02 Å². The zero-order valence-electron chi connectivity index (χ0n) is 19.6. The molecule has 5 rings (SSSR count). The lowest BCUT2D eigenvalue weighted by Crippen LogP contribution is -2.53. The second-order valence-corrected chi connectivity index (χ2v) is 11.0. The van der Waals surface area contributed by atoms with E-state index in [0.29, 0.717) is 12.4 Å². The maximum atomic E-state index is 11.8. The SMILES string of the molecule is C=CC(O)[C@@]1(C)CC[C@@H]1CN1C[C@@]2(CCCc3cc(Cl)ccc32)COc2ccc(C(=O)O)cc21. The number of fused-ring (bicyclic) bond motifs is 3. The molecule has 0 bridgehead atoms. The van der Waals surface area contributed by atoms with E-state index in [1.807, 2.05) is 6.07 Å². The van der Waals surface area contributed by atoms with Crippen molar-refractivity contribution in [1.29, 1.82) is 0 Å². The molecule has 2 aromatic rings. The third-order valence-electron chi connectivity index (χ3n) is 8.59. The van der Waals surface area contributed by atoms with E-state index in [9.17, 15) is 15.0 Å². The van der Waals surface area contributed by atoms with E-state index in [0.717, 1.165) is 55.9 Å². The van der Waals surface area contributed by atoms with Crippen LogP contribution in [0.25, 0.3) is 0 Å². The molecular formula is C28H32ClNO4. The molecular weight excluding hydrogens is 450 g/mol. The Morgan fingerprint density at radius 3 is 2.85 bits per heavy atom. The minimum atomic E-state index is -0.949. The first kappa shape index (κ1) is 23.3. The molecule has 180 valence electrons. The molecule has 1 unspecified atom stereocenters. The van der Waals surface area contributed by atoms with Crippen molar-refractivity contribution in [2.75, 3.05) is 24.6 Å². The normalized spacial score (nSPS) is 28.7. The van der Waals surface area contributed by atoms with Gasteiger partial charge in [0, 0.05) is 28.9 Å². The number of carboxylic acid groups (broad SMARTS) is 1. The zero-order valence-corrected chi connectivity index (χ0v) is 20.4. The van der Waals surface area contributed by atoms with Crippen molar-refractivity contribution in [2.24, 2.45) is 11.3 Å². The molecule has 2 N–H and O–H groups in total. The average Bonchev–Trinajstić information content (AvgIpc) is 2.97. The Morgan fingerprint density at radius 2 is 2.15 bits per heavy atom. The molecule has 1 fully saturated rings. The number of aryl methyl sites for hydroxylation is 1. The Hall–Kier alpha value is -2.50. The Bertz CT molecular complexity index is 1130. The van der Waals surface area contributed by atoms with E-state index in [4.69, 9.17) is 16.3 Å². The molecule has 34 heavy (non-hydrogen) atoms. The largest absolute Gasteiger partial charge is 0.490 e. The summed E-state index contributed by atoms with van der Waals surface area (Å²) in [5.74, 6) is 0.0356. The van der Waals surface area contributed by atoms with Gasteiger partial charge >= 0.3 is 5.97 Å². The van der Waals surface area contributed by atoms with Crippen LogP contribution in [-0.2, 0) is 11.8 Å². The van der Waals surface area contributed by atoms with E-state index in [2.05, 4.69) is 30.5 Å². The van der Waals surface area contributed by atoms with E-state index < -0.39 is 12.1 Å². The second kappa shape index (κ2) is 8.62. The predicted octanol–water partition coefficient (Wildman–Crippen LogP) is 5.47. The fourth-order valence-corrected chi connectivity index (χ4v) is 6.47. The van der Waals surface area contributed by atoms with Crippen molar-refractivity contribution in [2.45, 2.75) is 50.5 Å². The Morgan fingerprint density at radius 1 is 1.32 bits per heavy atom. The summed E-state index contributed by atoms with van der Waals surface area (Å²) in [6.45, 7) is 7.94. The molecule has 2 aliphatic carbocycles. The number of hydrogen-bond donors (Lipinski definition) is 2. The summed E-state index contributed by atoms with van der Waals surface area (Å²) in [7, 11) is 0. The van der Waals surface area contributed by atoms with Gasteiger partial charge in [-0.2, -0.15) is 0 Å². The molecule has 1 saturated carbocycles. The fourth-order valence-electron chi connectivity index (χ4n) is 6.28. The van der Waals surface area contributed by atoms with Crippen LogP contribution in [0.3, 0.4) is 0 Å². The Labute approximate surface area is 206 Å². The van der Waals surface area contributed by atoms with E-state index in [1.54, 1.807) is 24.3 Å². The highest BCUT2D eigenvalue weighted by atomic mass is 35.5. The lowest BCUT2D eigenvalue weighted by molar-refractivity contribution is -0.0466. The number of rotatable bonds is 5. The molecule has 0 amide bonds. The Kier molecular flexibility index (Phi) is 5.89. The van der Waals surface area contributed by atoms with Crippen LogP contribution in [0.1, 0.15) is 54.1 Å². The maximum Gasteiger partial charge on any atom is 0.335 e. The molecule has 0 aromatic heterocycles. The van der Waals surface area contributed by atoms with Gasteiger partial charge in [0.1, 0.15) is 5.75 Å². The molecule has 0 saturated heterocycles. The van der Waals surface area contributed by atoms with Gasteiger partial charge in [-0.25, -0.2) is 4.79 Å². The lowest BCUT2D eigenvalue weighted by atomic mass is 9.58. The third-order valence-corrected chi connectivity index (χ3v) is 8.82. The number of hydrogen-bond acceptors (Lipinski definition) is 4. The number of aromatic carboxylic acids is 1. The van der Waals surface area contributed by atoms with Gasteiger partial charge in [-0.05, 0) is 79.5 Å². The number of anilines is 1. The number of aliphatic hydroxyl groups excluding tert-OH is 1. The second-order valence-electron chi connectivity index (χ2n) is 10.5. The highest BCUT2D eigenvalue weighted by Crippen LogP contribution is 2.51. The molecule has 6 heteroatoms. The van der Waals surface area contributed by atoms with Gasteiger partial charge in [-0.15, -0.1) is 6.58 Å². The van der Waals surface area contributed by atoms with Crippen LogP contribution in [0.15, 0.2) is 49.1 Å². The van der Waals surface area contributed by atoms with Gasteiger partial charge < -0.3 is 19.8 Å². The van der Waals surface area contributed by atoms with Crippen LogP contribution in [-0.4, -0.2) is 42.0 Å². The maximum absolute atomic E-state index is 11.8. The van der Waals surface area contributed by atoms with E-state index >= 15 is 0 Å². The highest BCUT2D eigenvalue weighted by molar-refractivity contribution is 6.30. The summed E-state index contributed by atoms with van der Waals surface area (Å²) in [5, 5.41) is 21.1. The number of benzene rings is 2. The van der Waals surface area contributed by atoms with Crippen molar-refractivity contribution >= 4 is 23.3 Å². The standard InChI is InChI=1S/C28H32ClNO4/c1-3-25(31)27(2)12-10-20(27)15-30-16-28(11-4-5-18-13-21(29)7-8-22(18)28)17-34-24-9-6-19(26(32)33)14-23(24)30/h3,6-9,13-14,20,25,31H,1,4-5,10-12,15-17H2,2H3,(H,32,33)/t20-,25?,27+,28+/m1/s1. The van der Waals surface area contributed by atoms with Crippen molar-refractivity contribution in [3.05, 3.63) is 70.8 Å². The quantitative estimate of drug-likeness (QED) is 0.554. The number of carbonyl (C=O) groups is 1. The average molecular weight is 482 g/mol. The smallest absolute Gasteiger partial charge is 0.335 e. The molecule has 1 aliphatic heterocycles. The van der Waals surface area contributed by atoms with E-state index in [1.165, 1.54) is 11.1 Å². The van der Waals surface area contributed by atoms with Crippen LogP contribution in [0, 0.1) is 11.3 Å². The first-order valence-electron chi connectivity index (χ1n) is 12.1. The van der Waals surface area contributed by atoms with Crippen LogP contribution in [0.5, 0.6) is 5.75 Å². The number of halogens is 1. The summed E-state index contributed by atoms with van der Waals surface area (Å²) in [5.41, 5.74) is 3.18. The summed E-state index contributed by atoms with van der Waals surface area (Å²) >= 11 is 6.33. The molecule has 4 atom stereocenters. The molecule has 1 spiro atoms. The fraction of sp³-hybridized carbons (Fsp3) is 0.464. The van der Waals surface area contributed by atoms with Gasteiger partial charge in [-0.1, -0.05) is 30.7 Å². The number of carboxylic acids is 1. The molecule has 0 radical (unpaired) electrons. The molecule has 1 heterocycles. The van der Waals surface area contributed by atoms with Crippen LogP contribution in [0.4, 0.5) is 5.69 Å². The summed E-state index contributed by atoms with van der Waals surface area (Å²) in [6, 6.07) is 11.3. The van der Waals surface area contributed by atoms with Gasteiger partial charge in [-0.3, -0.25) is 0 Å². The topological polar surface area (TPSA) is 70.0 Å². The van der Waals surface area contributed by atoms with E-state index in [-0.39, 0.29) is 22.3 Å². The zero-order chi connectivity index (χ0) is 24.1. The Balaban J connectivity index is 1.56. The third kappa shape index (κ3) is 3.79.